The maximum Gasteiger partial charge on any atom is 0.315 e. The van der Waals surface area contributed by atoms with Gasteiger partial charge >= 0.3 is 5.97 Å². The summed E-state index contributed by atoms with van der Waals surface area (Å²) >= 11 is 1.61. The average Bonchev–Trinajstić information content (AvgIpc) is 2.38. The molecule has 102 valence electrons. The molecule has 2 rings (SSSR count). The van der Waals surface area contributed by atoms with Crippen LogP contribution >= 0.6 is 11.8 Å². The Balaban J connectivity index is 2.17. The summed E-state index contributed by atoms with van der Waals surface area (Å²) in [7, 11) is 0. The Bertz CT molecular complexity index is 521. The first kappa shape index (κ1) is 13.9. The number of fused-ring (bicyclic) bond motifs is 1. The minimum Gasteiger partial charge on any atom is -0.481 e. The van der Waals surface area contributed by atoms with E-state index in [1.54, 1.807) is 17.8 Å². The minimum absolute atomic E-state index is 0.318. The van der Waals surface area contributed by atoms with Crippen LogP contribution in [0.1, 0.15) is 24.9 Å². The molecule has 4 nitrogen and oxygen atoms in total. The molecule has 1 amide bonds. The number of carbonyl (C=O) groups is 2. The van der Waals surface area contributed by atoms with Gasteiger partial charge in [-0.25, -0.2) is 4.39 Å². The molecule has 2 atom stereocenters. The van der Waals surface area contributed by atoms with Gasteiger partial charge in [0.05, 0.1) is 6.04 Å². The summed E-state index contributed by atoms with van der Waals surface area (Å²) in [5.74, 6) is -2.36. The van der Waals surface area contributed by atoms with E-state index in [1.165, 1.54) is 19.1 Å². The smallest absolute Gasteiger partial charge is 0.315 e. The van der Waals surface area contributed by atoms with Crippen molar-refractivity contribution < 1.29 is 19.1 Å². The predicted molar refractivity (Wildman–Crippen MR) is 69.4 cm³/mol. The lowest BCUT2D eigenvalue weighted by Crippen LogP contribution is -2.37. The molecule has 2 unspecified atom stereocenters. The zero-order valence-electron chi connectivity index (χ0n) is 10.4. The van der Waals surface area contributed by atoms with E-state index in [4.69, 9.17) is 5.11 Å². The number of thioether (sulfide) groups is 1. The van der Waals surface area contributed by atoms with Gasteiger partial charge < -0.3 is 10.4 Å². The fraction of sp³-hybridized carbons (Fsp3) is 0.385. The second kappa shape index (κ2) is 5.61. The molecule has 1 heterocycles. The van der Waals surface area contributed by atoms with E-state index in [0.29, 0.717) is 6.42 Å². The molecule has 1 aliphatic heterocycles. The van der Waals surface area contributed by atoms with Crippen molar-refractivity contribution in [1.29, 1.82) is 0 Å². The summed E-state index contributed by atoms with van der Waals surface area (Å²) in [6.07, 6.45) is 0.666. The molecule has 0 saturated carbocycles. The van der Waals surface area contributed by atoms with Crippen LogP contribution in [0.5, 0.6) is 0 Å². The molecule has 0 saturated heterocycles. The van der Waals surface area contributed by atoms with Gasteiger partial charge in [-0.3, -0.25) is 9.59 Å². The predicted octanol–water partition coefficient (Wildman–Crippen LogP) is 2.20. The van der Waals surface area contributed by atoms with Crippen molar-refractivity contribution in [3.63, 3.8) is 0 Å². The molecule has 0 bridgehead atoms. The van der Waals surface area contributed by atoms with Crippen LogP contribution in [-0.2, 0) is 9.59 Å². The summed E-state index contributed by atoms with van der Waals surface area (Å²) in [6.45, 7) is 1.34. The summed E-state index contributed by atoms with van der Waals surface area (Å²) < 4.78 is 13.3. The Hall–Kier alpha value is -1.56. The zero-order chi connectivity index (χ0) is 14.0. The lowest BCUT2D eigenvalue weighted by Gasteiger charge is -2.26. The van der Waals surface area contributed by atoms with Gasteiger partial charge in [0.25, 0.3) is 0 Å². The topological polar surface area (TPSA) is 66.4 Å². The number of benzene rings is 1. The fourth-order valence-electron chi connectivity index (χ4n) is 1.92. The number of hydrogen-bond acceptors (Lipinski definition) is 3. The summed E-state index contributed by atoms with van der Waals surface area (Å²) in [4.78, 5) is 23.4. The molecule has 0 radical (unpaired) electrons. The monoisotopic (exact) mass is 283 g/mol. The Morgan fingerprint density at radius 1 is 1.53 bits per heavy atom. The van der Waals surface area contributed by atoms with E-state index in [0.717, 1.165) is 16.2 Å². The van der Waals surface area contributed by atoms with Crippen molar-refractivity contribution in [2.45, 2.75) is 24.3 Å². The van der Waals surface area contributed by atoms with Gasteiger partial charge in [-0.15, -0.1) is 11.8 Å². The standard InChI is InChI=1S/C13H14FNO3S/c1-7(13(17)18)12(16)15-10-4-5-19-11-3-2-8(14)6-9(10)11/h2-3,6-7,10H,4-5H2,1H3,(H,15,16)(H,17,18). The van der Waals surface area contributed by atoms with Crippen molar-refractivity contribution in [3.8, 4) is 0 Å². The van der Waals surface area contributed by atoms with Crippen LogP contribution in [0.3, 0.4) is 0 Å². The maximum atomic E-state index is 13.3. The van der Waals surface area contributed by atoms with Gasteiger partial charge in [0, 0.05) is 10.6 Å². The highest BCUT2D eigenvalue weighted by Gasteiger charge is 2.27. The van der Waals surface area contributed by atoms with E-state index in [-0.39, 0.29) is 11.9 Å². The van der Waals surface area contributed by atoms with Crippen LogP contribution in [0.2, 0.25) is 0 Å². The number of carbonyl (C=O) groups excluding carboxylic acids is 1. The van der Waals surface area contributed by atoms with Crippen molar-refractivity contribution in [2.75, 3.05) is 5.75 Å². The number of amides is 1. The average molecular weight is 283 g/mol. The van der Waals surface area contributed by atoms with Crippen LogP contribution in [0.4, 0.5) is 4.39 Å². The highest BCUT2D eigenvalue weighted by atomic mass is 32.2. The number of halogens is 1. The SMILES string of the molecule is CC(C(=O)O)C(=O)NC1CCSc2ccc(F)cc21. The molecule has 1 aromatic rings. The van der Waals surface area contributed by atoms with E-state index >= 15 is 0 Å². The Labute approximate surface area is 114 Å². The third-order valence-electron chi connectivity index (χ3n) is 3.09. The number of rotatable bonds is 3. The number of carboxylic acids is 1. The Morgan fingerprint density at radius 2 is 2.26 bits per heavy atom. The van der Waals surface area contributed by atoms with E-state index in [1.807, 2.05) is 0 Å². The van der Waals surface area contributed by atoms with Crippen LogP contribution < -0.4 is 5.32 Å². The molecule has 0 spiro atoms. The van der Waals surface area contributed by atoms with Gasteiger partial charge in [-0.2, -0.15) is 0 Å². The lowest BCUT2D eigenvalue weighted by atomic mass is 10.0. The van der Waals surface area contributed by atoms with Gasteiger partial charge in [-0.05, 0) is 37.1 Å². The van der Waals surface area contributed by atoms with Crippen LogP contribution in [0.15, 0.2) is 23.1 Å². The summed E-state index contributed by atoms with van der Waals surface area (Å²) in [6, 6.07) is 4.16. The normalized spacial score (nSPS) is 19.4. The highest BCUT2D eigenvalue weighted by molar-refractivity contribution is 7.99. The lowest BCUT2D eigenvalue weighted by molar-refractivity contribution is -0.146. The molecule has 0 fully saturated rings. The Morgan fingerprint density at radius 3 is 2.95 bits per heavy atom. The first-order valence-electron chi connectivity index (χ1n) is 5.94. The van der Waals surface area contributed by atoms with E-state index in [9.17, 15) is 14.0 Å². The third kappa shape index (κ3) is 3.07. The number of aliphatic carboxylic acids is 1. The quantitative estimate of drug-likeness (QED) is 0.835. The van der Waals surface area contributed by atoms with Crippen molar-refractivity contribution >= 4 is 23.6 Å². The van der Waals surface area contributed by atoms with E-state index in [2.05, 4.69) is 5.32 Å². The van der Waals surface area contributed by atoms with Crippen LogP contribution in [-0.4, -0.2) is 22.7 Å². The first-order valence-corrected chi connectivity index (χ1v) is 6.93. The molecular weight excluding hydrogens is 269 g/mol. The number of nitrogens with one attached hydrogen (secondary N) is 1. The first-order chi connectivity index (χ1) is 8.99. The largest absolute Gasteiger partial charge is 0.481 e. The number of carboxylic acid groups (broad SMARTS) is 1. The van der Waals surface area contributed by atoms with Crippen molar-refractivity contribution in [2.24, 2.45) is 5.92 Å². The maximum absolute atomic E-state index is 13.3. The zero-order valence-corrected chi connectivity index (χ0v) is 11.2. The molecule has 1 aliphatic rings. The second-order valence-electron chi connectivity index (χ2n) is 4.44. The number of hydrogen-bond donors (Lipinski definition) is 2. The van der Waals surface area contributed by atoms with Gasteiger partial charge in [0.1, 0.15) is 11.7 Å². The Kier molecular flexibility index (Phi) is 4.09. The van der Waals surface area contributed by atoms with Gasteiger partial charge in [0.15, 0.2) is 0 Å². The van der Waals surface area contributed by atoms with Crippen LogP contribution in [0.25, 0.3) is 0 Å². The van der Waals surface area contributed by atoms with Gasteiger partial charge in [-0.1, -0.05) is 0 Å². The molecule has 19 heavy (non-hydrogen) atoms. The van der Waals surface area contributed by atoms with Crippen LogP contribution in [0, 0.1) is 11.7 Å². The third-order valence-corrected chi connectivity index (χ3v) is 4.21. The molecular formula is C13H14FNO3S. The van der Waals surface area contributed by atoms with Gasteiger partial charge in [0.2, 0.25) is 5.91 Å². The minimum atomic E-state index is -1.16. The molecule has 2 N–H and O–H groups in total. The summed E-state index contributed by atoms with van der Waals surface area (Å²) in [5.41, 5.74) is 0.724. The molecule has 6 heteroatoms. The fourth-order valence-corrected chi connectivity index (χ4v) is 3.03. The molecule has 0 aromatic heterocycles. The molecule has 0 aliphatic carbocycles. The van der Waals surface area contributed by atoms with Crippen molar-refractivity contribution in [1.82, 2.24) is 5.32 Å². The van der Waals surface area contributed by atoms with E-state index < -0.39 is 17.8 Å². The summed E-state index contributed by atoms with van der Waals surface area (Å²) in [5, 5.41) is 11.5. The molecule has 1 aromatic carbocycles. The second-order valence-corrected chi connectivity index (χ2v) is 5.58. The van der Waals surface area contributed by atoms with Crippen molar-refractivity contribution in [3.05, 3.63) is 29.6 Å². The highest BCUT2D eigenvalue weighted by Crippen LogP contribution is 2.36.